The van der Waals surface area contributed by atoms with Crippen LogP contribution in [0, 0.1) is 0 Å². The van der Waals surface area contributed by atoms with Crippen LogP contribution in [0.3, 0.4) is 0 Å². The SMILES string of the molecule is COc1cccc(C(=O)NN=Cc2ccc(OCc3ccc(C(=O)O)o3)c(OC)c2)c1. The fourth-order valence-corrected chi connectivity index (χ4v) is 2.60. The van der Waals surface area contributed by atoms with Crippen molar-refractivity contribution in [2.45, 2.75) is 6.61 Å². The van der Waals surface area contributed by atoms with Crippen LogP contribution in [0.25, 0.3) is 0 Å². The van der Waals surface area contributed by atoms with Crippen molar-refractivity contribution in [3.8, 4) is 17.2 Å². The second-order valence-electron chi connectivity index (χ2n) is 6.20. The molecule has 0 spiro atoms. The molecule has 0 fully saturated rings. The van der Waals surface area contributed by atoms with Crippen LogP contribution in [0.1, 0.15) is 32.2 Å². The summed E-state index contributed by atoms with van der Waals surface area (Å²) < 4.78 is 21.2. The fraction of sp³-hybridized carbons (Fsp3) is 0.136. The summed E-state index contributed by atoms with van der Waals surface area (Å²) in [4.78, 5) is 23.0. The Kier molecular flexibility index (Phi) is 6.89. The lowest BCUT2D eigenvalue weighted by atomic mass is 10.2. The van der Waals surface area contributed by atoms with Gasteiger partial charge in [0, 0.05) is 5.56 Å². The molecule has 0 radical (unpaired) electrons. The molecule has 0 unspecified atom stereocenters. The van der Waals surface area contributed by atoms with Crippen LogP contribution in [0.2, 0.25) is 0 Å². The zero-order valence-electron chi connectivity index (χ0n) is 16.8. The minimum atomic E-state index is -1.15. The van der Waals surface area contributed by atoms with E-state index in [-0.39, 0.29) is 18.3 Å². The van der Waals surface area contributed by atoms with Gasteiger partial charge in [-0.15, -0.1) is 0 Å². The number of benzene rings is 2. The monoisotopic (exact) mass is 424 g/mol. The highest BCUT2D eigenvalue weighted by Crippen LogP contribution is 2.28. The van der Waals surface area contributed by atoms with E-state index in [0.717, 1.165) is 0 Å². The lowest BCUT2D eigenvalue weighted by Crippen LogP contribution is -2.17. The maximum atomic E-state index is 12.2. The van der Waals surface area contributed by atoms with Crippen molar-refractivity contribution in [2.75, 3.05) is 14.2 Å². The van der Waals surface area contributed by atoms with E-state index in [1.165, 1.54) is 32.6 Å². The number of carbonyl (C=O) groups excluding carboxylic acids is 1. The molecule has 160 valence electrons. The number of ether oxygens (including phenoxy) is 3. The first-order chi connectivity index (χ1) is 15.0. The summed E-state index contributed by atoms with van der Waals surface area (Å²) in [5, 5.41) is 12.8. The van der Waals surface area contributed by atoms with Crippen molar-refractivity contribution in [1.82, 2.24) is 5.43 Å². The Bertz CT molecular complexity index is 1100. The van der Waals surface area contributed by atoms with Gasteiger partial charge in [0.05, 0.1) is 20.4 Å². The van der Waals surface area contributed by atoms with Crippen molar-refractivity contribution >= 4 is 18.1 Å². The van der Waals surface area contributed by atoms with Crippen LogP contribution in [-0.2, 0) is 6.61 Å². The maximum absolute atomic E-state index is 12.2. The van der Waals surface area contributed by atoms with E-state index in [4.69, 9.17) is 23.7 Å². The predicted octanol–water partition coefficient (Wildman–Crippen LogP) is 3.34. The Labute approximate surface area is 177 Å². The number of carboxylic acid groups (broad SMARTS) is 1. The number of aromatic carboxylic acids is 1. The molecule has 0 bridgehead atoms. The summed E-state index contributed by atoms with van der Waals surface area (Å²) in [6.45, 7) is 0.0354. The second kappa shape index (κ2) is 9.97. The highest BCUT2D eigenvalue weighted by atomic mass is 16.5. The topological polar surface area (TPSA) is 120 Å². The van der Waals surface area contributed by atoms with E-state index in [1.54, 1.807) is 42.5 Å². The molecule has 1 heterocycles. The predicted molar refractivity (Wildman–Crippen MR) is 111 cm³/mol. The van der Waals surface area contributed by atoms with Crippen LogP contribution in [0.4, 0.5) is 0 Å². The standard InChI is InChI=1S/C22H20N2O7/c1-28-16-5-3-4-15(11-16)21(25)24-23-12-14-6-8-18(20(10-14)29-2)30-13-17-7-9-19(31-17)22(26)27/h3-12H,13H2,1-2H3,(H,24,25)(H,26,27). The first-order valence-electron chi connectivity index (χ1n) is 9.10. The van der Waals surface area contributed by atoms with Crippen molar-refractivity contribution in [3.63, 3.8) is 0 Å². The van der Waals surface area contributed by atoms with Crippen molar-refractivity contribution in [3.05, 3.63) is 77.2 Å². The second-order valence-corrected chi connectivity index (χ2v) is 6.20. The van der Waals surface area contributed by atoms with Gasteiger partial charge < -0.3 is 23.7 Å². The first kappa shape index (κ1) is 21.4. The van der Waals surface area contributed by atoms with Crippen LogP contribution < -0.4 is 19.6 Å². The Morgan fingerprint density at radius 3 is 2.61 bits per heavy atom. The molecule has 0 aliphatic heterocycles. The first-order valence-corrected chi connectivity index (χ1v) is 9.10. The Balaban J connectivity index is 1.61. The summed E-state index contributed by atoms with van der Waals surface area (Å²) in [6, 6.07) is 14.7. The fourth-order valence-electron chi connectivity index (χ4n) is 2.60. The van der Waals surface area contributed by atoms with Gasteiger partial charge in [-0.1, -0.05) is 6.07 Å². The summed E-state index contributed by atoms with van der Waals surface area (Å²) in [7, 11) is 3.01. The minimum Gasteiger partial charge on any atom is -0.497 e. The third-order valence-electron chi connectivity index (χ3n) is 4.14. The van der Waals surface area contributed by atoms with E-state index in [9.17, 15) is 9.59 Å². The largest absolute Gasteiger partial charge is 0.497 e. The van der Waals surface area contributed by atoms with Gasteiger partial charge in [0.15, 0.2) is 11.5 Å². The average molecular weight is 424 g/mol. The quantitative estimate of drug-likeness (QED) is 0.399. The van der Waals surface area contributed by atoms with Gasteiger partial charge >= 0.3 is 5.97 Å². The number of carboxylic acids is 1. The molecule has 2 aromatic carbocycles. The van der Waals surface area contributed by atoms with Gasteiger partial charge in [-0.05, 0) is 54.1 Å². The molecule has 31 heavy (non-hydrogen) atoms. The highest BCUT2D eigenvalue weighted by molar-refractivity contribution is 5.95. The molecule has 1 aromatic heterocycles. The number of nitrogens with zero attached hydrogens (tertiary/aromatic N) is 1. The van der Waals surface area contributed by atoms with Crippen molar-refractivity contribution < 1.29 is 33.3 Å². The van der Waals surface area contributed by atoms with Crippen molar-refractivity contribution in [1.29, 1.82) is 0 Å². The van der Waals surface area contributed by atoms with E-state index < -0.39 is 5.97 Å². The molecule has 0 atom stereocenters. The number of hydrazone groups is 1. The third kappa shape index (κ3) is 5.63. The summed E-state index contributed by atoms with van der Waals surface area (Å²) >= 11 is 0. The summed E-state index contributed by atoms with van der Waals surface area (Å²) in [5.41, 5.74) is 3.54. The van der Waals surface area contributed by atoms with Gasteiger partial charge in [-0.2, -0.15) is 5.10 Å². The number of amides is 1. The van der Waals surface area contributed by atoms with Gasteiger partial charge in [0.2, 0.25) is 5.76 Å². The molecule has 9 heteroatoms. The zero-order chi connectivity index (χ0) is 22.2. The van der Waals surface area contributed by atoms with E-state index in [2.05, 4.69) is 10.5 Å². The summed E-state index contributed by atoms with van der Waals surface area (Å²) in [5.74, 6) is 0.137. The van der Waals surface area contributed by atoms with E-state index in [0.29, 0.717) is 34.1 Å². The normalized spacial score (nSPS) is 10.6. The molecular weight excluding hydrogens is 404 g/mol. The molecular formula is C22H20N2O7. The Morgan fingerprint density at radius 1 is 1.06 bits per heavy atom. The smallest absolute Gasteiger partial charge is 0.371 e. The molecule has 0 aliphatic carbocycles. The Morgan fingerprint density at radius 2 is 1.90 bits per heavy atom. The van der Waals surface area contributed by atoms with Crippen LogP contribution >= 0.6 is 0 Å². The molecule has 0 aliphatic rings. The van der Waals surface area contributed by atoms with Crippen LogP contribution in [-0.4, -0.2) is 37.4 Å². The molecule has 3 rings (SSSR count). The minimum absolute atomic E-state index is 0.0354. The number of furan rings is 1. The lowest BCUT2D eigenvalue weighted by Gasteiger charge is -2.10. The molecule has 0 saturated heterocycles. The van der Waals surface area contributed by atoms with Crippen molar-refractivity contribution in [2.24, 2.45) is 5.10 Å². The molecule has 9 nitrogen and oxygen atoms in total. The van der Waals surface area contributed by atoms with E-state index in [1.807, 2.05) is 0 Å². The molecule has 1 amide bonds. The van der Waals surface area contributed by atoms with Gasteiger partial charge in [-0.25, -0.2) is 10.2 Å². The number of hydrogen-bond acceptors (Lipinski definition) is 7. The number of rotatable bonds is 9. The van der Waals surface area contributed by atoms with Gasteiger partial charge in [0.25, 0.3) is 5.91 Å². The van der Waals surface area contributed by atoms with Crippen LogP contribution in [0.15, 0.2) is 64.1 Å². The Hall–Kier alpha value is -4.27. The lowest BCUT2D eigenvalue weighted by molar-refractivity contribution is 0.0657. The highest BCUT2D eigenvalue weighted by Gasteiger charge is 2.11. The zero-order valence-corrected chi connectivity index (χ0v) is 16.8. The average Bonchev–Trinajstić information content (AvgIpc) is 3.27. The molecule has 2 N–H and O–H groups in total. The molecule has 3 aromatic rings. The van der Waals surface area contributed by atoms with E-state index >= 15 is 0 Å². The third-order valence-corrected chi connectivity index (χ3v) is 4.14. The van der Waals surface area contributed by atoms with Gasteiger partial charge in [-0.3, -0.25) is 4.79 Å². The summed E-state index contributed by atoms with van der Waals surface area (Å²) in [6.07, 6.45) is 1.47. The number of carbonyl (C=O) groups is 2. The van der Waals surface area contributed by atoms with Gasteiger partial charge in [0.1, 0.15) is 18.1 Å². The molecule has 0 saturated carbocycles. The maximum Gasteiger partial charge on any atom is 0.371 e. The number of methoxy groups -OCH3 is 2. The van der Waals surface area contributed by atoms with Crippen LogP contribution in [0.5, 0.6) is 17.2 Å². The number of nitrogens with one attached hydrogen (secondary N) is 1. The number of hydrogen-bond donors (Lipinski definition) is 2.